The lowest BCUT2D eigenvalue weighted by Crippen LogP contribution is -2.34. The van der Waals surface area contributed by atoms with Gasteiger partial charge in [-0.2, -0.15) is 0 Å². The van der Waals surface area contributed by atoms with E-state index in [0.29, 0.717) is 16.4 Å². The van der Waals surface area contributed by atoms with Crippen molar-refractivity contribution in [3.8, 4) is 0 Å². The molecule has 0 saturated carbocycles. The van der Waals surface area contributed by atoms with Gasteiger partial charge < -0.3 is 5.32 Å². The molecule has 2 aliphatic rings. The predicted octanol–water partition coefficient (Wildman–Crippen LogP) is 3.44. The van der Waals surface area contributed by atoms with Crippen molar-refractivity contribution in [2.24, 2.45) is 5.92 Å². The summed E-state index contributed by atoms with van der Waals surface area (Å²) in [6, 6.07) is 7.28. The van der Waals surface area contributed by atoms with Crippen molar-refractivity contribution in [1.82, 2.24) is 14.8 Å². The summed E-state index contributed by atoms with van der Waals surface area (Å²) < 4.78 is 0. The number of hydrogen-bond donors (Lipinski definition) is 1. The summed E-state index contributed by atoms with van der Waals surface area (Å²) in [4.78, 5) is 33.4. The van der Waals surface area contributed by atoms with Crippen LogP contribution in [-0.4, -0.2) is 46.2 Å². The first-order valence-electron chi connectivity index (χ1n) is 9.58. The van der Waals surface area contributed by atoms with Gasteiger partial charge in [0.05, 0.1) is 5.69 Å². The van der Waals surface area contributed by atoms with Gasteiger partial charge in [-0.15, -0.1) is 11.3 Å². The minimum absolute atomic E-state index is 0.0646. The van der Waals surface area contributed by atoms with Crippen LogP contribution in [0.3, 0.4) is 0 Å². The number of nitrogens with zero attached hydrogens (tertiary/aromatic N) is 3. The number of hydrogen-bond acceptors (Lipinski definition) is 5. The van der Waals surface area contributed by atoms with Gasteiger partial charge in [-0.05, 0) is 31.4 Å². The van der Waals surface area contributed by atoms with Crippen LogP contribution < -0.4 is 5.32 Å². The molecule has 6 nitrogen and oxygen atoms in total. The first-order chi connectivity index (χ1) is 13.5. The number of amides is 2. The van der Waals surface area contributed by atoms with Crippen LogP contribution >= 0.6 is 11.3 Å². The van der Waals surface area contributed by atoms with E-state index in [4.69, 9.17) is 0 Å². The van der Waals surface area contributed by atoms with Crippen LogP contribution in [0.5, 0.6) is 0 Å². The van der Waals surface area contributed by atoms with E-state index in [9.17, 15) is 9.59 Å². The Morgan fingerprint density at radius 2 is 2.14 bits per heavy atom. The van der Waals surface area contributed by atoms with E-state index in [2.05, 4.69) is 28.7 Å². The molecular weight excluding hydrogens is 372 g/mol. The molecule has 0 spiro atoms. The molecule has 1 aromatic heterocycles. The second-order valence-corrected chi connectivity index (χ2v) is 8.42. The summed E-state index contributed by atoms with van der Waals surface area (Å²) in [5, 5.41) is 5.38. The summed E-state index contributed by atoms with van der Waals surface area (Å²) in [6.45, 7) is 9.20. The van der Waals surface area contributed by atoms with Crippen LogP contribution in [0.25, 0.3) is 5.70 Å². The number of likely N-dealkylation sites (tertiary alicyclic amines) is 1. The third-order valence-corrected chi connectivity index (χ3v) is 6.07. The van der Waals surface area contributed by atoms with E-state index in [0.717, 1.165) is 36.8 Å². The lowest BCUT2D eigenvalue weighted by molar-refractivity contribution is -0.116. The highest BCUT2D eigenvalue weighted by Gasteiger charge is 2.32. The molecule has 0 unspecified atom stereocenters. The molecule has 1 aromatic carbocycles. The molecule has 0 aliphatic carbocycles. The Labute approximate surface area is 168 Å². The number of carbonyl (C=O) groups is 2. The van der Waals surface area contributed by atoms with Crippen molar-refractivity contribution in [2.45, 2.75) is 26.3 Å². The van der Waals surface area contributed by atoms with Crippen molar-refractivity contribution in [1.29, 1.82) is 0 Å². The zero-order chi connectivity index (χ0) is 19.7. The van der Waals surface area contributed by atoms with Crippen LogP contribution in [-0.2, 0) is 11.3 Å². The Morgan fingerprint density at radius 3 is 2.89 bits per heavy atom. The van der Waals surface area contributed by atoms with E-state index >= 15 is 0 Å². The molecule has 1 saturated heterocycles. The topological polar surface area (TPSA) is 65.5 Å². The van der Waals surface area contributed by atoms with Gasteiger partial charge in [-0.3, -0.25) is 19.4 Å². The number of carbonyl (C=O) groups excluding carboxylic acids is 2. The molecule has 1 atom stereocenters. The van der Waals surface area contributed by atoms with Gasteiger partial charge in [-0.25, -0.2) is 4.98 Å². The minimum Gasteiger partial charge on any atom is -0.300 e. The van der Waals surface area contributed by atoms with Crippen LogP contribution in [0.15, 0.2) is 36.2 Å². The average molecular weight is 397 g/mol. The van der Waals surface area contributed by atoms with E-state index in [1.165, 1.54) is 29.1 Å². The molecule has 0 radical (unpaired) electrons. The molecule has 146 valence electrons. The Hall–Kier alpha value is -2.51. The molecule has 2 aromatic rings. The number of nitrogens with one attached hydrogen (secondary N) is 1. The monoisotopic (exact) mass is 396 g/mol. The van der Waals surface area contributed by atoms with Crippen LogP contribution in [0.2, 0.25) is 0 Å². The zero-order valence-corrected chi connectivity index (χ0v) is 16.8. The van der Waals surface area contributed by atoms with Crippen LogP contribution in [0.1, 0.15) is 41.4 Å². The van der Waals surface area contributed by atoms with Gasteiger partial charge in [0.1, 0.15) is 6.54 Å². The predicted molar refractivity (Wildman–Crippen MR) is 111 cm³/mol. The van der Waals surface area contributed by atoms with E-state index in [-0.39, 0.29) is 18.4 Å². The third kappa shape index (κ3) is 3.86. The number of aromatic nitrogens is 1. The maximum Gasteiger partial charge on any atom is 0.259 e. The Kier molecular flexibility index (Phi) is 5.28. The zero-order valence-electron chi connectivity index (χ0n) is 16.0. The van der Waals surface area contributed by atoms with E-state index < -0.39 is 0 Å². The van der Waals surface area contributed by atoms with Crippen LogP contribution in [0, 0.1) is 5.92 Å². The summed E-state index contributed by atoms with van der Waals surface area (Å²) in [5.41, 5.74) is 2.92. The summed E-state index contributed by atoms with van der Waals surface area (Å²) in [5.74, 6) is 0.270. The maximum absolute atomic E-state index is 12.5. The third-order valence-electron chi connectivity index (χ3n) is 5.27. The summed E-state index contributed by atoms with van der Waals surface area (Å²) in [7, 11) is 0. The lowest BCUT2D eigenvalue weighted by atomic mass is 10.0. The number of rotatable bonds is 5. The van der Waals surface area contributed by atoms with Gasteiger partial charge in [0.25, 0.3) is 5.91 Å². The number of fused-ring (bicyclic) bond motifs is 1. The first kappa shape index (κ1) is 18.8. The van der Waals surface area contributed by atoms with Crippen molar-refractivity contribution in [3.05, 3.63) is 53.0 Å². The Morgan fingerprint density at radius 1 is 1.36 bits per heavy atom. The first-order valence-corrected chi connectivity index (χ1v) is 10.5. The Balaban J connectivity index is 1.34. The van der Waals surface area contributed by atoms with Gasteiger partial charge in [0, 0.05) is 35.3 Å². The van der Waals surface area contributed by atoms with Gasteiger partial charge in [0.2, 0.25) is 5.91 Å². The average Bonchev–Trinajstić information content (AvgIpc) is 3.20. The number of thiazole rings is 1. The molecule has 1 N–H and O–H groups in total. The maximum atomic E-state index is 12.5. The lowest BCUT2D eigenvalue weighted by Gasteiger charge is -2.30. The molecule has 1 fully saturated rings. The summed E-state index contributed by atoms with van der Waals surface area (Å²) >= 11 is 1.42. The molecule has 0 bridgehead atoms. The molecular formula is C21H24N4O2S. The van der Waals surface area contributed by atoms with Crippen LogP contribution in [0.4, 0.5) is 5.13 Å². The summed E-state index contributed by atoms with van der Waals surface area (Å²) in [6.07, 6.45) is 2.52. The quantitative estimate of drug-likeness (QED) is 0.841. The van der Waals surface area contributed by atoms with E-state index in [1.807, 2.05) is 23.6 Å². The fourth-order valence-corrected chi connectivity index (χ4v) is 4.62. The standard InChI is InChI=1S/C21H24N4O2S/c1-14-6-5-9-24(10-14)11-16-13-28-21(22-16)23-19(26)12-25-15(2)17-7-3-4-8-18(17)20(25)27/h3-4,7-8,13-14H,2,5-6,9-12H2,1H3,(H,22,23,26)/t14-/m0/s1. The van der Waals surface area contributed by atoms with E-state index in [1.54, 1.807) is 6.07 Å². The van der Waals surface area contributed by atoms with Crippen molar-refractivity contribution < 1.29 is 9.59 Å². The second kappa shape index (κ2) is 7.85. The molecule has 28 heavy (non-hydrogen) atoms. The molecule has 2 aliphatic heterocycles. The molecule has 2 amide bonds. The minimum atomic E-state index is -0.269. The highest BCUT2D eigenvalue weighted by Crippen LogP contribution is 2.31. The number of anilines is 1. The SMILES string of the molecule is C=C1c2ccccc2C(=O)N1CC(=O)Nc1nc(CN2CCC[C@H](C)C2)cs1. The molecule has 7 heteroatoms. The Bertz CT molecular complexity index is 888. The fraction of sp³-hybridized carbons (Fsp3) is 0.381. The smallest absolute Gasteiger partial charge is 0.259 e. The van der Waals surface area contributed by atoms with Crippen molar-refractivity contribution >= 4 is 34.0 Å². The van der Waals surface area contributed by atoms with Crippen molar-refractivity contribution in [3.63, 3.8) is 0 Å². The normalized spacial score (nSPS) is 19.8. The van der Waals surface area contributed by atoms with Gasteiger partial charge in [-0.1, -0.05) is 31.7 Å². The largest absolute Gasteiger partial charge is 0.300 e. The van der Waals surface area contributed by atoms with Gasteiger partial charge >= 0.3 is 0 Å². The highest BCUT2D eigenvalue weighted by molar-refractivity contribution is 7.13. The highest BCUT2D eigenvalue weighted by atomic mass is 32.1. The number of piperidine rings is 1. The molecule has 3 heterocycles. The number of benzene rings is 1. The fourth-order valence-electron chi connectivity index (χ4n) is 3.90. The second-order valence-electron chi connectivity index (χ2n) is 7.56. The van der Waals surface area contributed by atoms with Crippen molar-refractivity contribution in [2.75, 3.05) is 25.0 Å². The molecule has 4 rings (SSSR count). The van der Waals surface area contributed by atoms with Gasteiger partial charge in [0.15, 0.2) is 5.13 Å².